The van der Waals surface area contributed by atoms with Crippen molar-refractivity contribution in [3.63, 3.8) is 0 Å². The summed E-state index contributed by atoms with van der Waals surface area (Å²) < 4.78 is 32.5. The monoisotopic (exact) mass is 270 g/mol. The zero-order chi connectivity index (χ0) is 14.0. The SMILES string of the molecule is CC(C)(C(N)c1cccc(F)c1F)N1CCOCC1. The normalized spacial score (nSPS) is 19.4. The summed E-state index contributed by atoms with van der Waals surface area (Å²) >= 11 is 0. The molecule has 1 aromatic carbocycles. The largest absolute Gasteiger partial charge is 0.379 e. The maximum Gasteiger partial charge on any atom is 0.163 e. The Morgan fingerprint density at radius 1 is 1.26 bits per heavy atom. The molecule has 106 valence electrons. The molecule has 2 N–H and O–H groups in total. The molecule has 0 radical (unpaired) electrons. The number of nitrogens with two attached hydrogens (primary N) is 1. The van der Waals surface area contributed by atoms with Crippen molar-refractivity contribution >= 4 is 0 Å². The lowest BCUT2D eigenvalue weighted by molar-refractivity contribution is -0.0194. The van der Waals surface area contributed by atoms with Crippen LogP contribution in [0, 0.1) is 11.6 Å². The van der Waals surface area contributed by atoms with Crippen LogP contribution in [0.5, 0.6) is 0 Å². The van der Waals surface area contributed by atoms with E-state index in [9.17, 15) is 8.78 Å². The fourth-order valence-electron chi connectivity index (χ4n) is 2.48. The van der Waals surface area contributed by atoms with Gasteiger partial charge in [-0.2, -0.15) is 0 Å². The van der Waals surface area contributed by atoms with Gasteiger partial charge in [-0.25, -0.2) is 8.78 Å². The second-order valence-electron chi connectivity index (χ2n) is 5.37. The molecule has 2 rings (SSSR count). The third kappa shape index (κ3) is 2.78. The molecule has 1 fully saturated rings. The van der Waals surface area contributed by atoms with Gasteiger partial charge in [-0.3, -0.25) is 4.90 Å². The first-order chi connectivity index (χ1) is 8.94. The molecule has 0 aromatic heterocycles. The lowest BCUT2D eigenvalue weighted by atomic mass is 9.87. The van der Waals surface area contributed by atoms with Crippen molar-refractivity contribution in [3.8, 4) is 0 Å². The van der Waals surface area contributed by atoms with Crippen LogP contribution in [0.1, 0.15) is 25.5 Å². The summed E-state index contributed by atoms with van der Waals surface area (Å²) in [5.41, 5.74) is 5.94. The molecular weight excluding hydrogens is 250 g/mol. The Balaban J connectivity index is 2.26. The lowest BCUT2D eigenvalue weighted by Gasteiger charge is -2.44. The van der Waals surface area contributed by atoms with E-state index in [2.05, 4.69) is 4.90 Å². The van der Waals surface area contributed by atoms with Crippen molar-refractivity contribution < 1.29 is 13.5 Å². The number of morpholine rings is 1. The van der Waals surface area contributed by atoms with E-state index in [-0.39, 0.29) is 5.56 Å². The maximum absolute atomic E-state index is 13.9. The molecule has 0 spiro atoms. The first-order valence-corrected chi connectivity index (χ1v) is 6.47. The highest BCUT2D eigenvalue weighted by atomic mass is 19.2. The van der Waals surface area contributed by atoms with E-state index in [1.54, 1.807) is 6.07 Å². The smallest absolute Gasteiger partial charge is 0.163 e. The minimum Gasteiger partial charge on any atom is -0.379 e. The van der Waals surface area contributed by atoms with Gasteiger partial charge in [0.1, 0.15) is 0 Å². The van der Waals surface area contributed by atoms with E-state index in [4.69, 9.17) is 10.5 Å². The number of hydrogen-bond donors (Lipinski definition) is 1. The molecule has 1 heterocycles. The van der Waals surface area contributed by atoms with Gasteiger partial charge in [0.25, 0.3) is 0 Å². The molecule has 3 nitrogen and oxygen atoms in total. The van der Waals surface area contributed by atoms with Crippen molar-refractivity contribution in [2.45, 2.75) is 25.4 Å². The van der Waals surface area contributed by atoms with Gasteiger partial charge in [0.2, 0.25) is 0 Å². The molecule has 0 aliphatic carbocycles. The molecule has 1 aliphatic rings. The summed E-state index contributed by atoms with van der Waals surface area (Å²) in [6.07, 6.45) is 0. The Labute approximate surface area is 112 Å². The van der Waals surface area contributed by atoms with Crippen LogP contribution >= 0.6 is 0 Å². The average molecular weight is 270 g/mol. The minimum atomic E-state index is -0.856. The topological polar surface area (TPSA) is 38.5 Å². The second-order valence-corrected chi connectivity index (χ2v) is 5.37. The minimum absolute atomic E-state index is 0.219. The summed E-state index contributed by atoms with van der Waals surface area (Å²) in [6.45, 7) is 6.68. The third-order valence-electron chi connectivity index (χ3n) is 3.90. The Morgan fingerprint density at radius 3 is 2.53 bits per heavy atom. The average Bonchev–Trinajstić information content (AvgIpc) is 2.42. The van der Waals surface area contributed by atoms with E-state index in [0.29, 0.717) is 13.2 Å². The predicted octanol–water partition coefficient (Wildman–Crippen LogP) is 2.08. The molecule has 0 amide bonds. The summed E-state index contributed by atoms with van der Waals surface area (Å²) in [6, 6.07) is 3.54. The van der Waals surface area contributed by atoms with Crippen molar-refractivity contribution in [1.29, 1.82) is 0 Å². The number of nitrogens with zero attached hydrogens (tertiary/aromatic N) is 1. The Kier molecular flexibility index (Phi) is 4.18. The van der Waals surface area contributed by atoms with Gasteiger partial charge in [0, 0.05) is 24.2 Å². The van der Waals surface area contributed by atoms with Crippen molar-refractivity contribution in [2.75, 3.05) is 26.3 Å². The lowest BCUT2D eigenvalue weighted by Crippen LogP contribution is -2.55. The van der Waals surface area contributed by atoms with Gasteiger partial charge in [0.15, 0.2) is 11.6 Å². The van der Waals surface area contributed by atoms with Gasteiger partial charge >= 0.3 is 0 Å². The molecule has 1 aromatic rings. The van der Waals surface area contributed by atoms with Crippen LogP contribution in [0.4, 0.5) is 8.78 Å². The first-order valence-electron chi connectivity index (χ1n) is 6.47. The third-order valence-corrected chi connectivity index (χ3v) is 3.90. The summed E-state index contributed by atoms with van der Waals surface area (Å²) in [5.74, 6) is -1.71. The van der Waals surface area contributed by atoms with E-state index >= 15 is 0 Å². The van der Waals surface area contributed by atoms with Crippen molar-refractivity contribution in [1.82, 2.24) is 4.90 Å². The summed E-state index contributed by atoms with van der Waals surface area (Å²) in [5, 5.41) is 0. The van der Waals surface area contributed by atoms with Gasteiger partial charge in [0.05, 0.1) is 19.3 Å². The number of rotatable bonds is 3. The van der Waals surface area contributed by atoms with Crippen molar-refractivity contribution in [2.24, 2.45) is 5.73 Å². The number of benzene rings is 1. The first kappa shape index (κ1) is 14.4. The molecule has 1 atom stereocenters. The highest BCUT2D eigenvalue weighted by Crippen LogP contribution is 2.31. The predicted molar refractivity (Wildman–Crippen MR) is 69.8 cm³/mol. The summed E-state index contributed by atoms with van der Waals surface area (Å²) in [4.78, 5) is 2.16. The zero-order valence-corrected chi connectivity index (χ0v) is 11.3. The second kappa shape index (κ2) is 5.53. The highest BCUT2D eigenvalue weighted by Gasteiger charge is 2.36. The molecule has 1 unspecified atom stereocenters. The van der Waals surface area contributed by atoms with Crippen LogP contribution in [-0.4, -0.2) is 36.7 Å². The van der Waals surface area contributed by atoms with E-state index in [1.807, 2.05) is 13.8 Å². The van der Waals surface area contributed by atoms with Gasteiger partial charge in [-0.1, -0.05) is 12.1 Å². The van der Waals surface area contributed by atoms with Gasteiger partial charge in [-0.15, -0.1) is 0 Å². The van der Waals surface area contributed by atoms with Gasteiger partial charge in [-0.05, 0) is 19.9 Å². The molecule has 0 saturated carbocycles. The van der Waals surface area contributed by atoms with Crippen LogP contribution in [0.25, 0.3) is 0 Å². The van der Waals surface area contributed by atoms with Crippen molar-refractivity contribution in [3.05, 3.63) is 35.4 Å². The van der Waals surface area contributed by atoms with Crippen LogP contribution in [0.2, 0.25) is 0 Å². The Bertz CT molecular complexity index is 445. The zero-order valence-electron chi connectivity index (χ0n) is 11.3. The fraction of sp³-hybridized carbons (Fsp3) is 0.571. The molecule has 0 bridgehead atoms. The number of ether oxygens (including phenoxy) is 1. The fourth-order valence-corrected chi connectivity index (χ4v) is 2.48. The van der Waals surface area contributed by atoms with E-state index < -0.39 is 23.2 Å². The van der Waals surface area contributed by atoms with Gasteiger partial charge < -0.3 is 10.5 Å². The summed E-state index contributed by atoms with van der Waals surface area (Å²) in [7, 11) is 0. The van der Waals surface area contributed by atoms with Crippen LogP contribution < -0.4 is 5.73 Å². The van der Waals surface area contributed by atoms with E-state index in [0.717, 1.165) is 19.2 Å². The Morgan fingerprint density at radius 2 is 1.89 bits per heavy atom. The maximum atomic E-state index is 13.9. The van der Waals surface area contributed by atoms with Crippen LogP contribution in [0.15, 0.2) is 18.2 Å². The van der Waals surface area contributed by atoms with Crippen LogP contribution in [-0.2, 0) is 4.74 Å². The van der Waals surface area contributed by atoms with E-state index in [1.165, 1.54) is 6.07 Å². The molecule has 5 heteroatoms. The number of halogens is 2. The number of hydrogen-bond acceptors (Lipinski definition) is 3. The Hall–Kier alpha value is -1.04. The quantitative estimate of drug-likeness (QED) is 0.914. The standard InChI is InChI=1S/C14H20F2N2O/c1-14(2,18-6-8-19-9-7-18)13(17)10-4-3-5-11(15)12(10)16/h3-5,13H,6-9,17H2,1-2H3. The molecule has 1 saturated heterocycles. The molecular formula is C14H20F2N2O. The molecule has 1 aliphatic heterocycles. The van der Waals surface area contributed by atoms with Crippen LogP contribution in [0.3, 0.4) is 0 Å². The highest BCUT2D eigenvalue weighted by molar-refractivity contribution is 5.25. The molecule has 19 heavy (non-hydrogen) atoms.